The molecule has 32 heavy (non-hydrogen) atoms. The van der Waals surface area contributed by atoms with Crippen molar-refractivity contribution in [3.8, 4) is 28.5 Å². The summed E-state index contributed by atoms with van der Waals surface area (Å²) in [7, 11) is 0. The summed E-state index contributed by atoms with van der Waals surface area (Å²) in [6, 6.07) is 10.7. The van der Waals surface area contributed by atoms with Gasteiger partial charge >= 0.3 is 0 Å². The number of nitrogens with two attached hydrogens (primary N) is 1. The highest BCUT2D eigenvalue weighted by Crippen LogP contribution is 2.51. The Morgan fingerprint density at radius 1 is 1.16 bits per heavy atom. The molecule has 2 aromatic heterocycles. The number of halogens is 1. The number of amidine groups is 1. The van der Waals surface area contributed by atoms with E-state index in [1.807, 2.05) is 12.1 Å². The van der Waals surface area contributed by atoms with Crippen LogP contribution in [0.15, 0.2) is 53.8 Å². The number of pyridine rings is 2. The third-order valence-electron chi connectivity index (χ3n) is 5.38. The predicted molar refractivity (Wildman–Crippen MR) is 117 cm³/mol. The topological polar surface area (TPSA) is 91.9 Å². The summed E-state index contributed by atoms with van der Waals surface area (Å²) in [5.74, 6) is 1.01. The minimum Gasteiger partial charge on any atom is -0.491 e. The summed E-state index contributed by atoms with van der Waals surface area (Å²) in [6.07, 6.45) is 3.05. The molecule has 7 nitrogen and oxygen atoms in total. The van der Waals surface area contributed by atoms with Crippen LogP contribution in [0.4, 0.5) is 4.39 Å². The van der Waals surface area contributed by atoms with Crippen molar-refractivity contribution in [2.24, 2.45) is 16.1 Å². The second-order valence-corrected chi connectivity index (χ2v) is 9.13. The molecule has 0 radical (unpaired) electrons. The van der Waals surface area contributed by atoms with Crippen molar-refractivity contribution < 1.29 is 18.6 Å². The molecule has 2 aliphatic rings. The molecule has 0 fully saturated rings. The molecule has 2 aliphatic heterocycles. The summed E-state index contributed by atoms with van der Waals surface area (Å²) >= 11 is 0. The Kier molecular flexibility index (Phi) is 4.54. The van der Waals surface area contributed by atoms with Gasteiger partial charge in [-0.15, -0.1) is 0 Å². The highest BCUT2D eigenvalue weighted by Gasteiger charge is 2.48. The van der Waals surface area contributed by atoms with Gasteiger partial charge in [0, 0.05) is 17.3 Å². The van der Waals surface area contributed by atoms with Crippen molar-refractivity contribution in [1.29, 1.82) is 0 Å². The largest absolute Gasteiger partial charge is 0.491 e. The third kappa shape index (κ3) is 3.41. The van der Waals surface area contributed by atoms with Crippen LogP contribution in [-0.2, 0) is 10.3 Å². The number of hydrogen-bond acceptors (Lipinski definition) is 7. The Morgan fingerprint density at radius 2 is 2.00 bits per heavy atom. The van der Waals surface area contributed by atoms with Crippen LogP contribution in [0.2, 0.25) is 0 Å². The maximum Gasteiger partial charge on any atom is 0.283 e. The molecule has 2 N–H and O–H groups in total. The lowest BCUT2D eigenvalue weighted by molar-refractivity contribution is 0.196. The van der Waals surface area contributed by atoms with E-state index in [4.69, 9.17) is 19.9 Å². The zero-order valence-electron chi connectivity index (χ0n) is 18.1. The predicted octanol–water partition coefficient (Wildman–Crippen LogP) is 4.40. The van der Waals surface area contributed by atoms with Crippen LogP contribution < -0.4 is 15.2 Å². The maximum absolute atomic E-state index is 14.4. The lowest BCUT2D eigenvalue weighted by atomic mass is 9.81. The fourth-order valence-electron chi connectivity index (χ4n) is 3.86. The third-order valence-corrected chi connectivity index (χ3v) is 5.38. The lowest BCUT2D eigenvalue weighted by Crippen LogP contribution is -2.31. The van der Waals surface area contributed by atoms with E-state index in [1.54, 1.807) is 30.5 Å². The molecule has 5 rings (SSSR count). The Labute approximate surface area is 185 Å². The Bertz CT molecular complexity index is 1240. The van der Waals surface area contributed by atoms with Crippen LogP contribution >= 0.6 is 0 Å². The van der Waals surface area contributed by atoms with E-state index in [0.717, 1.165) is 0 Å². The number of hydrogen-bond donors (Lipinski definition) is 1. The van der Waals surface area contributed by atoms with Crippen molar-refractivity contribution in [3.63, 3.8) is 0 Å². The Morgan fingerprint density at radius 3 is 2.72 bits per heavy atom. The van der Waals surface area contributed by atoms with Gasteiger partial charge in [0.2, 0.25) is 11.8 Å². The van der Waals surface area contributed by atoms with E-state index in [9.17, 15) is 4.39 Å². The normalized spacial score (nSPS) is 18.9. The first-order chi connectivity index (χ1) is 15.2. The molecule has 1 spiro atoms. The molecule has 0 amide bonds. The van der Waals surface area contributed by atoms with Crippen molar-refractivity contribution >= 4 is 6.02 Å². The molecule has 1 aromatic carbocycles. The summed E-state index contributed by atoms with van der Waals surface area (Å²) < 4.78 is 32.0. The maximum atomic E-state index is 14.4. The van der Waals surface area contributed by atoms with Crippen LogP contribution in [0.5, 0.6) is 17.4 Å². The van der Waals surface area contributed by atoms with Crippen molar-refractivity contribution in [2.45, 2.75) is 26.3 Å². The van der Waals surface area contributed by atoms with Crippen LogP contribution in [0, 0.1) is 11.4 Å². The molecule has 1 atom stereocenters. The van der Waals surface area contributed by atoms with Crippen LogP contribution in [0.1, 0.15) is 31.9 Å². The van der Waals surface area contributed by atoms with E-state index in [2.05, 4.69) is 35.7 Å². The quantitative estimate of drug-likeness (QED) is 0.615. The second kappa shape index (κ2) is 7.19. The van der Waals surface area contributed by atoms with E-state index < -0.39 is 11.5 Å². The molecular formula is C24H23FN4O3. The van der Waals surface area contributed by atoms with E-state index in [0.29, 0.717) is 46.2 Å². The SMILES string of the molecule is CC(C)(C)COc1cnc2c(c1)[C@@]1(COC(N)=N1)c1cc(-c3cccnc3F)ccc1O2. The minimum absolute atomic E-state index is 0.0154. The Balaban J connectivity index is 1.64. The van der Waals surface area contributed by atoms with Gasteiger partial charge in [0.15, 0.2) is 5.54 Å². The molecule has 0 aliphatic carbocycles. The van der Waals surface area contributed by atoms with Gasteiger partial charge < -0.3 is 19.9 Å². The average Bonchev–Trinajstić information content (AvgIpc) is 3.15. The van der Waals surface area contributed by atoms with Crippen molar-refractivity contribution in [2.75, 3.05) is 13.2 Å². The monoisotopic (exact) mass is 434 g/mol. The minimum atomic E-state index is -0.976. The van der Waals surface area contributed by atoms with Gasteiger partial charge in [0.05, 0.1) is 18.4 Å². The van der Waals surface area contributed by atoms with E-state index in [-0.39, 0.29) is 18.0 Å². The number of benzene rings is 1. The van der Waals surface area contributed by atoms with Crippen molar-refractivity contribution in [1.82, 2.24) is 9.97 Å². The smallest absolute Gasteiger partial charge is 0.283 e. The second-order valence-electron chi connectivity index (χ2n) is 9.13. The summed E-state index contributed by atoms with van der Waals surface area (Å²) in [6.45, 7) is 6.97. The molecule has 4 heterocycles. The van der Waals surface area contributed by atoms with Crippen LogP contribution in [0.3, 0.4) is 0 Å². The van der Waals surface area contributed by atoms with Gasteiger partial charge in [-0.2, -0.15) is 4.39 Å². The average molecular weight is 434 g/mol. The van der Waals surface area contributed by atoms with Crippen molar-refractivity contribution in [3.05, 3.63) is 65.9 Å². The molecule has 164 valence electrons. The summed E-state index contributed by atoms with van der Waals surface area (Å²) in [5, 5.41) is 0. The highest BCUT2D eigenvalue weighted by atomic mass is 19.1. The first-order valence-electron chi connectivity index (χ1n) is 10.3. The van der Waals surface area contributed by atoms with Gasteiger partial charge in [0.25, 0.3) is 6.02 Å². The molecular weight excluding hydrogens is 411 g/mol. The van der Waals surface area contributed by atoms with Gasteiger partial charge in [-0.1, -0.05) is 26.8 Å². The van der Waals surface area contributed by atoms with E-state index >= 15 is 0 Å². The first-order valence-corrected chi connectivity index (χ1v) is 10.3. The van der Waals surface area contributed by atoms with Gasteiger partial charge in [-0.25, -0.2) is 15.0 Å². The van der Waals surface area contributed by atoms with E-state index in [1.165, 1.54) is 6.20 Å². The highest BCUT2D eigenvalue weighted by molar-refractivity contribution is 5.77. The van der Waals surface area contributed by atoms with Crippen LogP contribution in [0.25, 0.3) is 11.1 Å². The summed E-state index contributed by atoms with van der Waals surface area (Å²) in [4.78, 5) is 12.9. The number of rotatable bonds is 3. The molecule has 0 saturated carbocycles. The number of aromatic nitrogens is 2. The zero-order valence-corrected chi connectivity index (χ0v) is 18.1. The van der Waals surface area contributed by atoms with Gasteiger partial charge in [0.1, 0.15) is 18.1 Å². The number of nitrogens with zero attached hydrogens (tertiary/aromatic N) is 3. The fourth-order valence-corrected chi connectivity index (χ4v) is 3.86. The molecule has 3 aromatic rings. The molecule has 0 unspecified atom stereocenters. The van der Waals surface area contributed by atoms with Crippen LogP contribution in [-0.4, -0.2) is 29.2 Å². The molecule has 0 saturated heterocycles. The fraction of sp³-hybridized carbons (Fsp3) is 0.292. The number of ether oxygens (including phenoxy) is 3. The molecule has 8 heteroatoms. The van der Waals surface area contributed by atoms with Gasteiger partial charge in [-0.05, 0) is 41.3 Å². The number of fused-ring (bicyclic) bond motifs is 4. The zero-order chi connectivity index (χ0) is 22.5. The first kappa shape index (κ1) is 20.2. The van der Waals surface area contributed by atoms with Gasteiger partial charge in [-0.3, -0.25) is 0 Å². The number of aliphatic imine (C=N–C) groups is 1. The summed E-state index contributed by atoms with van der Waals surface area (Å²) in [5.41, 5.74) is 7.38. The Hall–Kier alpha value is -3.68. The molecule has 0 bridgehead atoms. The standard InChI is InChI=1S/C24H23FN4O3/c1-23(2,3)12-30-15-10-18-21(28-11-15)32-19-7-6-14(16-5-4-8-27-20(16)25)9-17(19)24(18)13-31-22(26)29-24/h4-11H,12-13H2,1-3H3,(H2,26,29)/t24-/m1/s1. The lowest BCUT2D eigenvalue weighted by Gasteiger charge is -2.33.